The third-order valence-electron chi connectivity index (χ3n) is 1.58. The Hall–Kier alpha value is -1.09. The average molecular weight is 183 g/mol. The van der Waals surface area contributed by atoms with Gasteiger partial charge in [-0.05, 0) is 12.8 Å². The summed E-state index contributed by atoms with van der Waals surface area (Å²) in [5.41, 5.74) is 1.52. The van der Waals surface area contributed by atoms with Crippen molar-refractivity contribution in [2.75, 3.05) is 0 Å². The fourth-order valence-electron chi connectivity index (χ4n) is 0.867. The first-order chi connectivity index (χ1) is 6.31. The summed E-state index contributed by atoms with van der Waals surface area (Å²) in [6.07, 6.45) is 11.4. The van der Waals surface area contributed by atoms with Crippen molar-refractivity contribution in [1.29, 1.82) is 0 Å². The van der Waals surface area contributed by atoms with E-state index in [1.54, 1.807) is 6.08 Å². The van der Waals surface area contributed by atoms with Gasteiger partial charge in [-0.25, -0.2) is 5.48 Å². The normalized spacial score (nSPS) is 11.2. The first kappa shape index (κ1) is 11.9. The highest BCUT2D eigenvalue weighted by molar-refractivity contribution is 5.86. The van der Waals surface area contributed by atoms with Crippen LogP contribution in [0.3, 0.4) is 0 Å². The van der Waals surface area contributed by atoms with Gasteiger partial charge in [0.1, 0.15) is 0 Å². The van der Waals surface area contributed by atoms with Gasteiger partial charge >= 0.3 is 0 Å². The molecule has 0 atom stereocenters. The average Bonchev–Trinajstić information content (AvgIpc) is 2.16. The molecule has 0 heterocycles. The molecule has 13 heavy (non-hydrogen) atoms. The number of carbonyl (C=O) groups excluding carboxylic acids is 1. The molecule has 0 aliphatic carbocycles. The van der Waals surface area contributed by atoms with E-state index < -0.39 is 5.91 Å². The zero-order valence-electron chi connectivity index (χ0n) is 7.99. The van der Waals surface area contributed by atoms with E-state index in [4.69, 9.17) is 5.21 Å². The molecule has 0 spiro atoms. The molecule has 3 nitrogen and oxygen atoms in total. The maximum absolute atomic E-state index is 10.5. The minimum absolute atomic E-state index is 0.502. The lowest BCUT2D eigenvalue weighted by molar-refractivity contribution is -0.124. The van der Waals surface area contributed by atoms with Crippen LogP contribution in [-0.4, -0.2) is 11.1 Å². The second kappa shape index (κ2) is 9.00. The minimum atomic E-state index is -0.502. The van der Waals surface area contributed by atoms with E-state index in [0.29, 0.717) is 0 Å². The van der Waals surface area contributed by atoms with Crippen molar-refractivity contribution < 1.29 is 10.0 Å². The number of rotatable bonds is 6. The zero-order valence-corrected chi connectivity index (χ0v) is 7.99. The first-order valence-electron chi connectivity index (χ1n) is 4.58. The van der Waals surface area contributed by atoms with Gasteiger partial charge in [-0.3, -0.25) is 10.0 Å². The summed E-state index contributed by atoms with van der Waals surface area (Å²) in [5, 5.41) is 8.13. The van der Waals surface area contributed by atoms with Crippen LogP contribution in [-0.2, 0) is 4.79 Å². The monoisotopic (exact) mass is 183 g/mol. The van der Waals surface area contributed by atoms with Crippen LogP contribution in [0.15, 0.2) is 24.3 Å². The Morgan fingerprint density at radius 1 is 1.38 bits per heavy atom. The molecule has 0 fully saturated rings. The number of unbranched alkanes of at least 4 members (excludes halogenated alkanes) is 3. The highest BCUT2D eigenvalue weighted by Gasteiger charge is 1.85. The molecule has 0 unspecified atom stereocenters. The van der Waals surface area contributed by atoms with Crippen LogP contribution in [0.25, 0.3) is 0 Å². The van der Waals surface area contributed by atoms with Crippen LogP contribution >= 0.6 is 0 Å². The summed E-state index contributed by atoms with van der Waals surface area (Å²) in [7, 11) is 0. The Bertz CT molecular complexity index is 185. The van der Waals surface area contributed by atoms with E-state index in [2.05, 4.69) is 6.92 Å². The molecular weight excluding hydrogens is 166 g/mol. The van der Waals surface area contributed by atoms with Gasteiger partial charge in [0.25, 0.3) is 5.91 Å². The van der Waals surface area contributed by atoms with Crippen LogP contribution in [0.4, 0.5) is 0 Å². The number of allylic oxidation sites excluding steroid dienone is 3. The predicted octanol–water partition coefficient (Wildman–Crippen LogP) is 2.18. The lowest BCUT2D eigenvalue weighted by Gasteiger charge is -1.90. The lowest BCUT2D eigenvalue weighted by atomic mass is 10.2. The maximum atomic E-state index is 10.5. The standard InChI is InChI=1S/C10H17NO2/c1-2-3-4-5-6-7-8-9-10(12)11-13/h6-9,13H,2-5H2,1H3,(H,11,12). The Morgan fingerprint density at radius 2 is 2.15 bits per heavy atom. The van der Waals surface area contributed by atoms with Crippen molar-refractivity contribution in [2.45, 2.75) is 32.6 Å². The Labute approximate surface area is 79.1 Å². The summed E-state index contributed by atoms with van der Waals surface area (Å²) >= 11 is 0. The van der Waals surface area contributed by atoms with Crippen LogP contribution in [0.5, 0.6) is 0 Å². The topological polar surface area (TPSA) is 49.3 Å². The summed E-state index contributed by atoms with van der Waals surface area (Å²) < 4.78 is 0. The fourth-order valence-corrected chi connectivity index (χ4v) is 0.867. The van der Waals surface area contributed by atoms with Crippen molar-refractivity contribution in [2.24, 2.45) is 0 Å². The lowest BCUT2D eigenvalue weighted by Crippen LogP contribution is -2.14. The molecule has 0 bridgehead atoms. The van der Waals surface area contributed by atoms with E-state index in [1.165, 1.54) is 30.8 Å². The van der Waals surface area contributed by atoms with Gasteiger partial charge in [-0.15, -0.1) is 0 Å². The van der Waals surface area contributed by atoms with E-state index in [1.807, 2.05) is 12.2 Å². The van der Waals surface area contributed by atoms with Gasteiger partial charge in [0, 0.05) is 6.08 Å². The summed E-state index contributed by atoms with van der Waals surface area (Å²) in [6, 6.07) is 0. The largest absolute Gasteiger partial charge is 0.288 e. The second-order valence-corrected chi connectivity index (χ2v) is 2.76. The molecule has 0 rings (SSSR count). The van der Waals surface area contributed by atoms with Crippen LogP contribution in [0.1, 0.15) is 32.6 Å². The molecule has 0 aromatic heterocycles. The SMILES string of the molecule is CCCCCC=CC=CC(=O)NO. The van der Waals surface area contributed by atoms with E-state index in [0.717, 1.165) is 6.42 Å². The smallest absolute Gasteiger partial charge is 0.267 e. The third kappa shape index (κ3) is 8.82. The van der Waals surface area contributed by atoms with Crippen LogP contribution < -0.4 is 5.48 Å². The van der Waals surface area contributed by atoms with Gasteiger partial charge in [0.2, 0.25) is 0 Å². The van der Waals surface area contributed by atoms with Crippen molar-refractivity contribution in [3.05, 3.63) is 24.3 Å². The van der Waals surface area contributed by atoms with Crippen LogP contribution in [0, 0.1) is 0 Å². The number of hydrogen-bond donors (Lipinski definition) is 2. The molecule has 0 aliphatic heterocycles. The summed E-state index contributed by atoms with van der Waals surface area (Å²) in [6.45, 7) is 2.16. The summed E-state index contributed by atoms with van der Waals surface area (Å²) in [5.74, 6) is -0.502. The Morgan fingerprint density at radius 3 is 2.77 bits per heavy atom. The van der Waals surface area contributed by atoms with Gasteiger partial charge in [-0.1, -0.05) is 38.0 Å². The number of carbonyl (C=O) groups is 1. The van der Waals surface area contributed by atoms with Crippen molar-refractivity contribution in [1.82, 2.24) is 5.48 Å². The highest BCUT2D eigenvalue weighted by atomic mass is 16.5. The molecule has 0 aliphatic rings. The van der Waals surface area contributed by atoms with Gasteiger partial charge < -0.3 is 0 Å². The van der Waals surface area contributed by atoms with E-state index in [9.17, 15) is 4.79 Å². The van der Waals surface area contributed by atoms with E-state index >= 15 is 0 Å². The molecule has 3 heteroatoms. The van der Waals surface area contributed by atoms with Crippen molar-refractivity contribution in [3.8, 4) is 0 Å². The Kier molecular flexibility index (Phi) is 8.25. The summed E-state index contributed by atoms with van der Waals surface area (Å²) in [4.78, 5) is 10.5. The number of hydroxylamine groups is 1. The Balaban J connectivity index is 3.40. The van der Waals surface area contributed by atoms with E-state index in [-0.39, 0.29) is 0 Å². The predicted molar refractivity (Wildman–Crippen MR) is 52.4 cm³/mol. The molecule has 0 saturated carbocycles. The molecule has 0 radical (unpaired) electrons. The quantitative estimate of drug-likeness (QED) is 0.218. The molecule has 0 aromatic carbocycles. The highest BCUT2D eigenvalue weighted by Crippen LogP contribution is 1.99. The third-order valence-corrected chi connectivity index (χ3v) is 1.58. The maximum Gasteiger partial charge on any atom is 0.267 e. The number of amides is 1. The molecule has 0 saturated heterocycles. The number of nitrogens with one attached hydrogen (secondary N) is 1. The van der Waals surface area contributed by atoms with Crippen molar-refractivity contribution in [3.63, 3.8) is 0 Å². The van der Waals surface area contributed by atoms with Gasteiger partial charge in [0.15, 0.2) is 0 Å². The molecule has 74 valence electrons. The molecular formula is C10H17NO2. The molecule has 0 aromatic rings. The second-order valence-electron chi connectivity index (χ2n) is 2.76. The van der Waals surface area contributed by atoms with Crippen LogP contribution in [0.2, 0.25) is 0 Å². The molecule has 2 N–H and O–H groups in total. The van der Waals surface area contributed by atoms with Crippen molar-refractivity contribution >= 4 is 5.91 Å². The number of hydrogen-bond acceptors (Lipinski definition) is 2. The molecule has 1 amide bonds. The van der Waals surface area contributed by atoms with Gasteiger partial charge in [0.05, 0.1) is 0 Å². The first-order valence-corrected chi connectivity index (χ1v) is 4.58. The fraction of sp³-hybridized carbons (Fsp3) is 0.500. The minimum Gasteiger partial charge on any atom is -0.288 e. The van der Waals surface area contributed by atoms with Gasteiger partial charge in [-0.2, -0.15) is 0 Å². The zero-order chi connectivity index (χ0) is 9.94.